The monoisotopic (exact) mass is 314 g/mol. The van der Waals surface area contributed by atoms with Crippen molar-refractivity contribution in [2.24, 2.45) is 0 Å². The topological polar surface area (TPSA) is 29.5 Å². The summed E-state index contributed by atoms with van der Waals surface area (Å²) in [4.78, 5) is 0. The van der Waals surface area contributed by atoms with Gasteiger partial charge in [0.15, 0.2) is 0 Å². The zero-order valence-electron chi connectivity index (χ0n) is 12.3. The molecule has 0 amide bonds. The summed E-state index contributed by atoms with van der Waals surface area (Å²) < 4.78 is 5.58. The summed E-state index contributed by atoms with van der Waals surface area (Å²) in [7, 11) is 0. The molecule has 3 heteroatoms. The van der Waals surface area contributed by atoms with Crippen molar-refractivity contribution in [2.75, 3.05) is 0 Å². The number of benzene rings is 3. The summed E-state index contributed by atoms with van der Waals surface area (Å²) in [6.07, 6.45) is 0. The maximum atomic E-state index is 8.76. The highest BCUT2D eigenvalue weighted by molar-refractivity contribution is 5.85. The largest absolute Gasteiger partial charge is 0.508 e. The number of rotatable bonds is 2. The van der Waals surface area contributed by atoms with Gasteiger partial charge in [0.2, 0.25) is 0 Å². The van der Waals surface area contributed by atoms with Crippen LogP contribution in [0.2, 0.25) is 0 Å². The molecule has 0 fully saturated rings. The highest BCUT2D eigenvalue weighted by Crippen LogP contribution is 2.19. The van der Waals surface area contributed by atoms with Gasteiger partial charge >= 0.3 is 0 Å². The highest BCUT2D eigenvalue weighted by atomic mass is 35.5. The van der Waals surface area contributed by atoms with Crippen LogP contribution in [-0.2, 0) is 0 Å². The summed E-state index contributed by atoms with van der Waals surface area (Å²) >= 11 is 0. The van der Waals surface area contributed by atoms with Gasteiger partial charge in [0.05, 0.1) is 0 Å². The molecular weight excluding hydrogens is 296 g/mol. The Labute approximate surface area is 137 Å². The molecule has 0 atom stereocenters. The van der Waals surface area contributed by atoms with Crippen LogP contribution in [-0.4, -0.2) is 5.11 Å². The molecule has 0 saturated heterocycles. The molecule has 0 bridgehead atoms. The first kappa shape index (κ1) is 17.6. The number of hydrogen-bond acceptors (Lipinski definition) is 2. The fourth-order valence-corrected chi connectivity index (χ4v) is 1.66. The highest BCUT2D eigenvalue weighted by Gasteiger charge is 1.92. The Bertz CT molecular complexity index is 579. The summed E-state index contributed by atoms with van der Waals surface area (Å²) in [6.45, 7) is 1.99. The molecule has 1 N–H and O–H groups in total. The van der Waals surface area contributed by atoms with Gasteiger partial charge in [-0.2, -0.15) is 0 Å². The first-order chi connectivity index (χ1) is 10.2. The van der Waals surface area contributed by atoms with Gasteiger partial charge in [-0.05, 0) is 43.3 Å². The molecule has 0 aliphatic heterocycles. The molecule has 0 aliphatic carbocycles. The Balaban J connectivity index is 0.000000234. The van der Waals surface area contributed by atoms with E-state index in [-0.39, 0.29) is 12.4 Å². The molecule has 0 saturated carbocycles. The van der Waals surface area contributed by atoms with Gasteiger partial charge < -0.3 is 9.84 Å². The maximum absolute atomic E-state index is 8.76. The van der Waals surface area contributed by atoms with Crippen molar-refractivity contribution in [3.05, 3.63) is 90.5 Å². The van der Waals surface area contributed by atoms with Crippen molar-refractivity contribution in [2.45, 2.75) is 6.92 Å². The predicted molar refractivity (Wildman–Crippen MR) is 93.0 cm³/mol. The fraction of sp³-hybridized carbons (Fsp3) is 0.0526. The van der Waals surface area contributed by atoms with Crippen molar-refractivity contribution in [1.82, 2.24) is 0 Å². The molecule has 0 unspecified atom stereocenters. The van der Waals surface area contributed by atoms with Crippen LogP contribution in [0.15, 0.2) is 84.9 Å². The second-order valence-electron chi connectivity index (χ2n) is 4.56. The van der Waals surface area contributed by atoms with Gasteiger partial charge in [0.25, 0.3) is 0 Å². The molecule has 3 rings (SSSR count). The van der Waals surface area contributed by atoms with Crippen LogP contribution in [0.25, 0.3) is 0 Å². The first-order valence-corrected chi connectivity index (χ1v) is 6.77. The molecule has 0 heterocycles. The number of ether oxygens (including phenoxy) is 1. The normalized spacial score (nSPS) is 8.95. The Hall–Kier alpha value is -2.45. The van der Waals surface area contributed by atoms with E-state index < -0.39 is 0 Å². The van der Waals surface area contributed by atoms with Gasteiger partial charge in [-0.25, -0.2) is 0 Å². The van der Waals surface area contributed by atoms with E-state index in [9.17, 15) is 0 Å². The second kappa shape index (κ2) is 9.48. The van der Waals surface area contributed by atoms with Crippen molar-refractivity contribution >= 4 is 12.4 Å². The first-order valence-electron chi connectivity index (χ1n) is 6.77. The van der Waals surface area contributed by atoms with E-state index in [0.717, 1.165) is 11.5 Å². The smallest absolute Gasteiger partial charge is 0.127 e. The van der Waals surface area contributed by atoms with Crippen molar-refractivity contribution in [3.63, 3.8) is 0 Å². The number of phenols is 1. The average molecular weight is 315 g/mol. The molecule has 3 aromatic carbocycles. The molecule has 2 nitrogen and oxygen atoms in total. The Morgan fingerprint density at radius 3 is 1.41 bits per heavy atom. The third-order valence-electron chi connectivity index (χ3n) is 2.76. The van der Waals surface area contributed by atoms with Crippen LogP contribution in [0.3, 0.4) is 0 Å². The van der Waals surface area contributed by atoms with Gasteiger partial charge in [-0.15, -0.1) is 12.4 Å². The molecule has 22 heavy (non-hydrogen) atoms. The molecule has 0 radical (unpaired) electrons. The molecule has 0 aromatic heterocycles. The average Bonchev–Trinajstić information content (AvgIpc) is 2.53. The molecule has 0 aliphatic rings. The molecule has 0 spiro atoms. The van der Waals surface area contributed by atoms with Crippen LogP contribution in [0, 0.1) is 6.92 Å². The lowest BCUT2D eigenvalue weighted by Crippen LogP contribution is -1.81. The van der Waals surface area contributed by atoms with Crippen molar-refractivity contribution < 1.29 is 9.84 Å². The fourth-order valence-electron chi connectivity index (χ4n) is 1.66. The summed E-state index contributed by atoms with van der Waals surface area (Å²) in [5.74, 6) is 2.07. The van der Waals surface area contributed by atoms with Crippen LogP contribution in [0.5, 0.6) is 17.2 Å². The van der Waals surface area contributed by atoms with Crippen LogP contribution < -0.4 is 4.74 Å². The number of aryl methyl sites for hydroxylation is 1. The lowest BCUT2D eigenvalue weighted by Gasteiger charge is -2.03. The van der Waals surface area contributed by atoms with Gasteiger partial charge in [0, 0.05) is 0 Å². The second-order valence-corrected chi connectivity index (χ2v) is 4.56. The Kier molecular flexibility index (Phi) is 7.58. The Morgan fingerprint density at radius 2 is 1.05 bits per heavy atom. The third-order valence-corrected chi connectivity index (χ3v) is 2.76. The van der Waals surface area contributed by atoms with Crippen LogP contribution >= 0.6 is 12.4 Å². The number of hydrogen-bond donors (Lipinski definition) is 1. The standard InChI is InChI=1S/C12H10O.C7H8O.ClH/c1-3-7-11(8-4-1)13-12-9-5-2-6-10-12;1-6-2-4-7(8)5-3-6;/h1-10H;2-5,8H,1H3;1H. The molecular formula is C19H19ClO2. The number of halogens is 1. The van der Waals surface area contributed by atoms with Crippen LogP contribution in [0.1, 0.15) is 5.56 Å². The number of phenolic OH excluding ortho intramolecular Hbond substituents is 1. The van der Waals surface area contributed by atoms with E-state index in [4.69, 9.17) is 9.84 Å². The summed E-state index contributed by atoms with van der Waals surface area (Å²) in [5.41, 5.74) is 1.17. The molecule has 3 aromatic rings. The zero-order valence-corrected chi connectivity index (χ0v) is 13.2. The van der Waals surface area contributed by atoms with Gasteiger partial charge in [-0.1, -0.05) is 54.1 Å². The maximum Gasteiger partial charge on any atom is 0.127 e. The van der Waals surface area contributed by atoms with E-state index in [0.29, 0.717) is 5.75 Å². The Morgan fingerprint density at radius 1 is 0.636 bits per heavy atom. The minimum atomic E-state index is 0. The van der Waals surface area contributed by atoms with Gasteiger partial charge in [-0.3, -0.25) is 0 Å². The predicted octanol–water partition coefficient (Wildman–Crippen LogP) is 5.60. The SMILES string of the molecule is Cc1ccc(O)cc1.Cl.c1ccc(Oc2ccccc2)cc1. The van der Waals surface area contributed by atoms with E-state index >= 15 is 0 Å². The van der Waals surface area contributed by atoms with Crippen molar-refractivity contribution in [1.29, 1.82) is 0 Å². The minimum absolute atomic E-state index is 0. The summed E-state index contributed by atoms with van der Waals surface area (Å²) in [5, 5.41) is 8.76. The van der Waals surface area contributed by atoms with E-state index in [1.807, 2.05) is 79.7 Å². The lowest BCUT2D eigenvalue weighted by molar-refractivity contribution is 0.475. The lowest BCUT2D eigenvalue weighted by atomic mass is 10.2. The quantitative estimate of drug-likeness (QED) is 0.667. The number of aromatic hydroxyl groups is 1. The van der Waals surface area contributed by atoms with Crippen molar-refractivity contribution in [3.8, 4) is 17.2 Å². The van der Waals surface area contributed by atoms with Crippen LogP contribution in [0.4, 0.5) is 0 Å². The molecule has 114 valence electrons. The van der Waals surface area contributed by atoms with Gasteiger partial charge in [0.1, 0.15) is 17.2 Å². The summed E-state index contributed by atoms with van der Waals surface area (Å²) in [6, 6.07) is 26.6. The zero-order chi connectivity index (χ0) is 14.9. The van der Waals surface area contributed by atoms with E-state index in [2.05, 4.69) is 0 Å². The van der Waals surface area contributed by atoms with E-state index in [1.165, 1.54) is 5.56 Å². The number of para-hydroxylation sites is 2. The van der Waals surface area contributed by atoms with E-state index in [1.54, 1.807) is 12.1 Å². The third kappa shape index (κ3) is 6.33. The minimum Gasteiger partial charge on any atom is -0.508 e.